The van der Waals surface area contributed by atoms with Crippen molar-refractivity contribution in [2.45, 2.75) is 13.3 Å². The Morgan fingerprint density at radius 3 is 2.32 bits per heavy atom. The van der Waals surface area contributed by atoms with Crippen LogP contribution in [0, 0.1) is 5.82 Å². The molecule has 0 aliphatic rings. The highest BCUT2D eigenvalue weighted by Gasteiger charge is 2.13. The molecule has 0 aliphatic heterocycles. The van der Waals surface area contributed by atoms with Gasteiger partial charge in [0.05, 0.1) is 5.56 Å². The summed E-state index contributed by atoms with van der Waals surface area (Å²) in [6.45, 7) is 2.02. The van der Waals surface area contributed by atoms with Crippen LogP contribution in [0.4, 0.5) is 4.39 Å². The van der Waals surface area contributed by atoms with Crippen LogP contribution < -0.4 is 10.9 Å². The van der Waals surface area contributed by atoms with Crippen LogP contribution >= 0.6 is 15.9 Å². The zero-order valence-corrected chi connectivity index (χ0v) is 13.4. The van der Waals surface area contributed by atoms with Crippen LogP contribution in [0.1, 0.15) is 33.2 Å². The van der Waals surface area contributed by atoms with Gasteiger partial charge in [0.2, 0.25) is 0 Å². The maximum atomic E-state index is 13.6. The number of benzene rings is 2. The maximum Gasteiger partial charge on any atom is 0.272 e. The Morgan fingerprint density at radius 2 is 1.68 bits per heavy atom. The first-order valence-electron chi connectivity index (χ1n) is 6.66. The summed E-state index contributed by atoms with van der Waals surface area (Å²) in [6.07, 6.45) is 0.876. The van der Waals surface area contributed by atoms with Crippen LogP contribution in [-0.4, -0.2) is 11.8 Å². The van der Waals surface area contributed by atoms with Crippen molar-refractivity contribution in [3.8, 4) is 0 Å². The lowest BCUT2D eigenvalue weighted by Crippen LogP contribution is -2.41. The van der Waals surface area contributed by atoms with E-state index < -0.39 is 17.6 Å². The van der Waals surface area contributed by atoms with Crippen molar-refractivity contribution in [3.05, 3.63) is 69.4 Å². The molecule has 2 amide bonds. The summed E-state index contributed by atoms with van der Waals surface area (Å²) in [5, 5.41) is 0. The van der Waals surface area contributed by atoms with Crippen molar-refractivity contribution in [2.24, 2.45) is 0 Å². The average molecular weight is 365 g/mol. The Hall–Kier alpha value is -2.21. The molecule has 0 aliphatic carbocycles. The fourth-order valence-corrected chi connectivity index (χ4v) is 2.18. The predicted molar refractivity (Wildman–Crippen MR) is 84.9 cm³/mol. The third kappa shape index (κ3) is 3.92. The largest absolute Gasteiger partial charge is 0.272 e. The number of rotatable bonds is 3. The summed E-state index contributed by atoms with van der Waals surface area (Å²) in [5.41, 5.74) is 5.82. The third-order valence-corrected chi connectivity index (χ3v) is 3.58. The molecule has 4 nitrogen and oxygen atoms in total. The van der Waals surface area contributed by atoms with Gasteiger partial charge in [-0.3, -0.25) is 20.4 Å². The minimum atomic E-state index is -0.725. The minimum Gasteiger partial charge on any atom is -0.267 e. The van der Waals surface area contributed by atoms with Gasteiger partial charge < -0.3 is 0 Å². The first-order valence-corrected chi connectivity index (χ1v) is 7.45. The Bertz CT molecular complexity index is 702. The monoisotopic (exact) mass is 364 g/mol. The van der Waals surface area contributed by atoms with E-state index in [9.17, 15) is 14.0 Å². The number of carbonyl (C=O) groups excluding carboxylic acids is 2. The van der Waals surface area contributed by atoms with Crippen molar-refractivity contribution in [2.75, 3.05) is 0 Å². The highest BCUT2D eigenvalue weighted by molar-refractivity contribution is 9.10. The molecule has 0 bridgehead atoms. The zero-order valence-electron chi connectivity index (χ0n) is 11.8. The third-order valence-electron chi connectivity index (χ3n) is 3.09. The Balaban J connectivity index is 2.00. The van der Waals surface area contributed by atoms with Crippen molar-refractivity contribution < 1.29 is 14.0 Å². The van der Waals surface area contributed by atoms with Crippen molar-refractivity contribution in [3.63, 3.8) is 0 Å². The molecule has 0 atom stereocenters. The van der Waals surface area contributed by atoms with E-state index in [1.807, 2.05) is 19.1 Å². The van der Waals surface area contributed by atoms with E-state index in [0.29, 0.717) is 10.0 Å². The lowest BCUT2D eigenvalue weighted by atomic mass is 10.1. The van der Waals surface area contributed by atoms with Crippen molar-refractivity contribution in [1.29, 1.82) is 0 Å². The van der Waals surface area contributed by atoms with E-state index in [-0.39, 0.29) is 5.56 Å². The molecule has 0 saturated carbocycles. The zero-order chi connectivity index (χ0) is 16.1. The molecule has 0 aromatic heterocycles. The molecule has 2 N–H and O–H groups in total. The van der Waals surface area contributed by atoms with E-state index >= 15 is 0 Å². The molecule has 2 rings (SSSR count). The minimum absolute atomic E-state index is 0.156. The fraction of sp³-hybridized carbons (Fsp3) is 0.125. The summed E-state index contributed by atoms with van der Waals surface area (Å²) in [7, 11) is 0. The Kier molecular flexibility index (Phi) is 5.27. The van der Waals surface area contributed by atoms with Crippen LogP contribution in [-0.2, 0) is 6.42 Å². The van der Waals surface area contributed by atoms with E-state index in [2.05, 4.69) is 26.8 Å². The first kappa shape index (κ1) is 16.2. The van der Waals surface area contributed by atoms with Gasteiger partial charge in [0, 0.05) is 10.0 Å². The van der Waals surface area contributed by atoms with Gasteiger partial charge in [0.15, 0.2) is 0 Å². The number of halogens is 2. The molecule has 0 radical (unpaired) electrons. The standard InChI is InChI=1S/C16H14BrFN2O2/c1-2-10-3-5-11(6-4-10)15(21)19-20-16(22)13-9-12(17)7-8-14(13)18/h3-9H,2H2,1H3,(H,19,21)(H,20,22). The Morgan fingerprint density at radius 1 is 1.05 bits per heavy atom. The van der Waals surface area contributed by atoms with Gasteiger partial charge >= 0.3 is 0 Å². The smallest absolute Gasteiger partial charge is 0.267 e. The number of hydrogen-bond donors (Lipinski definition) is 2. The van der Waals surface area contributed by atoms with E-state index in [1.165, 1.54) is 18.2 Å². The number of nitrogens with one attached hydrogen (secondary N) is 2. The van der Waals surface area contributed by atoms with Crippen LogP contribution in [0.3, 0.4) is 0 Å². The molecule has 6 heteroatoms. The van der Waals surface area contributed by atoms with Gasteiger partial charge in [-0.1, -0.05) is 35.0 Å². The molecule has 2 aromatic carbocycles. The van der Waals surface area contributed by atoms with E-state index in [0.717, 1.165) is 12.0 Å². The predicted octanol–water partition coefficient (Wildman–Crippen LogP) is 3.23. The number of hydrazine groups is 1. The normalized spacial score (nSPS) is 10.1. The Labute approximate surface area is 135 Å². The van der Waals surface area contributed by atoms with Crippen LogP contribution in [0.15, 0.2) is 46.9 Å². The highest BCUT2D eigenvalue weighted by Crippen LogP contribution is 2.15. The molecule has 22 heavy (non-hydrogen) atoms. The van der Waals surface area contributed by atoms with Gasteiger partial charge in [-0.2, -0.15) is 0 Å². The molecule has 2 aromatic rings. The van der Waals surface area contributed by atoms with Crippen molar-refractivity contribution in [1.82, 2.24) is 10.9 Å². The average Bonchev–Trinajstić information content (AvgIpc) is 2.54. The molecule has 0 heterocycles. The van der Waals surface area contributed by atoms with Gasteiger partial charge in [-0.15, -0.1) is 0 Å². The maximum absolute atomic E-state index is 13.6. The lowest BCUT2D eigenvalue weighted by molar-refractivity contribution is 0.0844. The van der Waals surface area contributed by atoms with E-state index in [1.54, 1.807) is 12.1 Å². The van der Waals surface area contributed by atoms with Gasteiger partial charge in [-0.05, 0) is 42.3 Å². The van der Waals surface area contributed by atoms with Gasteiger partial charge in [0.1, 0.15) is 5.82 Å². The summed E-state index contributed by atoms with van der Waals surface area (Å²) in [4.78, 5) is 23.8. The molecule has 0 fully saturated rings. The number of amides is 2. The summed E-state index contributed by atoms with van der Waals surface area (Å²) >= 11 is 3.16. The van der Waals surface area contributed by atoms with Gasteiger partial charge in [0.25, 0.3) is 11.8 Å². The van der Waals surface area contributed by atoms with E-state index in [4.69, 9.17) is 0 Å². The molecular weight excluding hydrogens is 351 g/mol. The second-order valence-corrected chi connectivity index (χ2v) is 5.50. The number of hydrogen-bond acceptors (Lipinski definition) is 2. The SMILES string of the molecule is CCc1ccc(C(=O)NNC(=O)c2cc(Br)ccc2F)cc1. The number of carbonyl (C=O) groups is 2. The summed E-state index contributed by atoms with van der Waals surface area (Å²) in [6, 6.07) is 11.0. The fourth-order valence-electron chi connectivity index (χ4n) is 1.82. The van der Waals surface area contributed by atoms with Crippen LogP contribution in [0.25, 0.3) is 0 Å². The summed E-state index contributed by atoms with van der Waals surface area (Å²) in [5.74, 6) is -1.86. The molecule has 0 unspecified atom stereocenters. The lowest BCUT2D eigenvalue weighted by Gasteiger charge is -2.08. The second-order valence-electron chi connectivity index (χ2n) is 4.58. The summed E-state index contributed by atoms with van der Waals surface area (Å²) < 4.78 is 14.1. The van der Waals surface area contributed by atoms with Crippen LogP contribution in [0.2, 0.25) is 0 Å². The molecule has 114 valence electrons. The highest BCUT2D eigenvalue weighted by atomic mass is 79.9. The van der Waals surface area contributed by atoms with Crippen molar-refractivity contribution >= 4 is 27.7 Å². The first-order chi connectivity index (χ1) is 10.5. The molecule has 0 spiro atoms. The molecule has 0 saturated heterocycles. The topological polar surface area (TPSA) is 58.2 Å². The van der Waals surface area contributed by atoms with Gasteiger partial charge in [-0.25, -0.2) is 4.39 Å². The second kappa shape index (κ2) is 7.17. The van der Waals surface area contributed by atoms with Crippen LogP contribution in [0.5, 0.6) is 0 Å². The molecular formula is C16H14BrFN2O2. The quantitative estimate of drug-likeness (QED) is 0.821. The number of aryl methyl sites for hydroxylation is 1.